The number of likely N-dealkylation sites (N-methyl/N-ethyl adjacent to an activating group) is 1. The Morgan fingerprint density at radius 2 is 2.05 bits per heavy atom. The molecule has 2 unspecified atom stereocenters. The van der Waals surface area contributed by atoms with Gasteiger partial charge in [-0.2, -0.15) is 13.2 Å². The van der Waals surface area contributed by atoms with E-state index in [9.17, 15) is 18.3 Å². The van der Waals surface area contributed by atoms with E-state index in [0.717, 1.165) is 6.07 Å². The zero-order chi connectivity index (χ0) is 15.8. The van der Waals surface area contributed by atoms with Gasteiger partial charge in [0, 0.05) is 29.3 Å². The SMILES string of the molecule is CN(C)CC1CC(O)CN1c1ccc(Br)cc1C(F)(F)F. The number of benzene rings is 1. The Hall–Kier alpha value is -0.790. The molecule has 1 N–H and O–H groups in total. The summed E-state index contributed by atoms with van der Waals surface area (Å²) >= 11 is 3.09. The van der Waals surface area contributed by atoms with Crippen LogP contribution in [-0.4, -0.2) is 49.3 Å². The van der Waals surface area contributed by atoms with Crippen molar-refractivity contribution in [1.29, 1.82) is 0 Å². The van der Waals surface area contributed by atoms with Crippen LogP contribution in [0.4, 0.5) is 18.9 Å². The molecule has 1 aliphatic heterocycles. The van der Waals surface area contributed by atoms with Crippen LogP contribution in [0.1, 0.15) is 12.0 Å². The Balaban J connectivity index is 2.40. The highest BCUT2D eigenvalue weighted by Gasteiger charge is 2.39. The van der Waals surface area contributed by atoms with Gasteiger partial charge in [-0.15, -0.1) is 0 Å². The van der Waals surface area contributed by atoms with Crippen LogP contribution in [0.5, 0.6) is 0 Å². The summed E-state index contributed by atoms with van der Waals surface area (Å²) in [7, 11) is 3.74. The average Bonchev–Trinajstić information content (AvgIpc) is 2.68. The van der Waals surface area contributed by atoms with Gasteiger partial charge in [0.15, 0.2) is 0 Å². The van der Waals surface area contributed by atoms with E-state index >= 15 is 0 Å². The smallest absolute Gasteiger partial charge is 0.391 e. The fourth-order valence-electron chi connectivity index (χ4n) is 2.77. The molecule has 0 bridgehead atoms. The summed E-state index contributed by atoms with van der Waals surface area (Å²) in [5, 5.41) is 9.84. The first kappa shape index (κ1) is 16.6. The predicted molar refractivity (Wildman–Crippen MR) is 79.5 cm³/mol. The highest BCUT2D eigenvalue weighted by Crippen LogP contribution is 2.40. The first-order valence-electron chi connectivity index (χ1n) is 6.64. The molecule has 1 heterocycles. The Labute approximate surface area is 130 Å². The molecule has 0 aliphatic carbocycles. The molecule has 1 aliphatic rings. The number of hydrogen-bond acceptors (Lipinski definition) is 3. The molecule has 0 radical (unpaired) electrons. The topological polar surface area (TPSA) is 26.7 Å². The number of nitrogens with zero attached hydrogens (tertiary/aromatic N) is 2. The number of aliphatic hydroxyl groups excluding tert-OH is 1. The van der Waals surface area contributed by atoms with Crippen molar-refractivity contribution in [3.8, 4) is 0 Å². The number of hydrogen-bond donors (Lipinski definition) is 1. The van der Waals surface area contributed by atoms with Crippen molar-refractivity contribution in [2.24, 2.45) is 0 Å². The van der Waals surface area contributed by atoms with Crippen LogP contribution in [0.2, 0.25) is 0 Å². The van der Waals surface area contributed by atoms with Crippen LogP contribution in [0.3, 0.4) is 0 Å². The maximum Gasteiger partial charge on any atom is 0.418 e. The largest absolute Gasteiger partial charge is 0.418 e. The number of halogens is 4. The molecule has 0 aromatic heterocycles. The lowest BCUT2D eigenvalue weighted by molar-refractivity contribution is -0.137. The van der Waals surface area contributed by atoms with E-state index < -0.39 is 17.8 Å². The van der Waals surface area contributed by atoms with Gasteiger partial charge in [-0.05, 0) is 38.7 Å². The minimum atomic E-state index is -4.42. The van der Waals surface area contributed by atoms with Crippen molar-refractivity contribution < 1.29 is 18.3 Å². The molecule has 1 fully saturated rings. The molecule has 1 aromatic rings. The van der Waals surface area contributed by atoms with Crippen molar-refractivity contribution in [2.75, 3.05) is 32.1 Å². The highest BCUT2D eigenvalue weighted by atomic mass is 79.9. The third kappa shape index (κ3) is 3.90. The fraction of sp³-hybridized carbons (Fsp3) is 0.571. The summed E-state index contributed by atoms with van der Waals surface area (Å²) in [4.78, 5) is 3.59. The maximum atomic E-state index is 13.2. The van der Waals surface area contributed by atoms with Gasteiger partial charge in [0.1, 0.15) is 0 Å². The second kappa shape index (κ2) is 6.14. The standard InChI is InChI=1S/C14H18BrF3N2O/c1-19(2)7-10-6-11(21)8-20(10)13-4-3-9(15)5-12(13)14(16,17)18/h3-5,10-11,21H,6-8H2,1-2H3. The number of alkyl halides is 3. The van der Waals surface area contributed by atoms with E-state index in [0.29, 0.717) is 17.4 Å². The van der Waals surface area contributed by atoms with Gasteiger partial charge in [0.2, 0.25) is 0 Å². The second-order valence-corrected chi connectivity index (χ2v) is 6.53. The summed E-state index contributed by atoms with van der Waals surface area (Å²) in [6.45, 7) is 0.827. The minimum absolute atomic E-state index is 0.128. The molecule has 2 atom stereocenters. The lowest BCUT2D eigenvalue weighted by Gasteiger charge is -2.31. The van der Waals surface area contributed by atoms with Gasteiger partial charge in [0.05, 0.1) is 11.7 Å². The van der Waals surface area contributed by atoms with E-state index in [1.54, 1.807) is 11.0 Å². The van der Waals surface area contributed by atoms with Crippen LogP contribution in [-0.2, 0) is 6.18 Å². The summed E-state index contributed by atoms with van der Waals surface area (Å²) < 4.78 is 40.1. The van der Waals surface area contributed by atoms with Gasteiger partial charge >= 0.3 is 6.18 Å². The van der Waals surface area contributed by atoms with Crippen LogP contribution in [0.15, 0.2) is 22.7 Å². The zero-order valence-electron chi connectivity index (χ0n) is 11.9. The molecule has 0 spiro atoms. The van der Waals surface area contributed by atoms with Crippen molar-refractivity contribution in [3.05, 3.63) is 28.2 Å². The lowest BCUT2D eigenvalue weighted by Crippen LogP contribution is -2.38. The Morgan fingerprint density at radius 3 is 2.62 bits per heavy atom. The second-order valence-electron chi connectivity index (χ2n) is 5.62. The fourth-order valence-corrected chi connectivity index (χ4v) is 3.13. The molecular weight excluding hydrogens is 349 g/mol. The summed E-state index contributed by atoms with van der Waals surface area (Å²) in [5.41, 5.74) is -0.538. The van der Waals surface area contributed by atoms with Crippen molar-refractivity contribution in [3.63, 3.8) is 0 Å². The maximum absolute atomic E-state index is 13.2. The predicted octanol–water partition coefficient (Wildman–Crippen LogP) is 2.97. The number of anilines is 1. The Morgan fingerprint density at radius 1 is 1.38 bits per heavy atom. The zero-order valence-corrected chi connectivity index (χ0v) is 13.4. The molecule has 3 nitrogen and oxygen atoms in total. The summed E-state index contributed by atoms with van der Waals surface area (Å²) in [5.74, 6) is 0. The third-order valence-corrected chi connectivity index (χ3v) is 4.03. The molecule has 0 amide bonds. The van der Waals surface area contributed by atoms with E-state index in [4.69, 9.17) is 0 Å². The first-order valence-corrected chi connectivity index (χ1v) is 7.44. The number of β-amino-alcohol motifs (C(OH)–C–C–N with tert-alkyl or cyclic N) is 1. The van der Waals surface area contributed by atoms with E-state index in [-0.39, 0.29) is 18.3 Å². The number of rotatable bonds is 3. The Bertz CT molecular complexity index is 507. The minimum Gasteiger partial charge on any atom is -0.391 e. The van der Waals surface area contributed by atoms with Crippen LogP contribution < -0.4 is 4.90 Å². The third-order valence-electron chi connectivity index (χ3n) is 3.54. The highest BCUT2D eigenvalue weighted by molar-refractivity contribution is 9.10. The van der Waals surface area contributed by atoms with Crippen LogP contribution >= 0.6 is 15.9 Å². The van der Waals surface area contributed by atoms with Gasteiger partial charge in [0.25, 0.3) is 0 Å². The average molecular weight is 367 g/mol. The van der Waals surface area contributed by atoms with E-state index in [1.165, 1.54) is 6.07 Å². The molecule has 7 heteroatoms. The van der Waals surface area contributed by atoms with Gasteiger partial charge < -0.3 is 14.9 Å². The molecule has 1 aromatic carbocycles. The van der Waals surface area contributed by atoms with Gasteiger partial charge in [-0.3, -0.25) is 0 Å². The summed E-state index contributed by atoms with van der Waals surface area (Å²) in [6.07, 6.45) is -4.54. The van der Waals surface area contributed by atoms with Crippen molar-refractivity contribution in [2.45, 2.75) is 24.7 Å². The molecular formula is C14H18BrF3N2O. The molecule has 2 rings (SSSR count). The Kier molecular flexibility index (Phi) is 4.85. The van der Waals surface area contributed by atoms with Gasteiger partial charge in [-0.25, -0.2) is 0 Å². The van der Waals surface area contributed by atoms with Crippen molar-refractivity contribution in [1.82, 2.24) is 4.90 Å². The van der Waals surface area contributed by atoms with Crippen LogP contribution in [0, 0.1) is 0 Å². The molecule has 21 heavy (non-hydrogen) atoms. The normalized spacial score (nSPS) is 23.1. The molecule has 0 saturated carbocycles. The monoisotopic (exact) mass is 366 g/mol. The summed E-state index contributed by atoms with van der Waals surface area (Å²) in [6, 6.07) is 4.03. The van der Waals surface area contributed by atoms with E-state index in [2.05, 4.69) is 15.9 Å². The van der Waals surface area contributed by atoms with Gasteiger partial charge in [-0.1, -0.05) is 15.9 Å². The van der Waals surface area contributed by atoms with Crippen molar-refractivity contribution >= 4 is 21.6 Å². The van der Waals surface area contributed by atoms with E-state index in [1.807, 2.05) is 19.0 Å². The lowest BCUT2D eigenvalue weighted by atomic mass is 10.1. The molecule has 118 valence electrons. The number of aliphatic hydroxyl groups is 1. The van der Waals surface area contributed by atoms with Crippen LogP contribution in [0.25, 0.3) is 0 Å². The molecule has 1 saturated heterocycles. The first-order chi connectivity index (χ1) is 9.68. The quantitative estimate of drug-likeness (QED) is 0.890.